The van der Waals surface area contributed by atoms with Crippen LogP contribution in [0.5, 0.6) is 0 Å². The van der Waals surface area contributed by atoms with Crippen molar-refractivity contribution in [3.05, 3.63) is 23.7 Å². The molecular weight excluding hydrogens is 402 g/mol. The number of anilines is 1. The van der Waals surface area contributed by atoms with Gasteiger partial charge in [0, 0.05) is 59.6 Å². The van der Waals surface area contributed by atoms with E-state index in [1.807, 2.05) is 6.92 Å². The van der Waals surface area contributed by atoms with Crippen molar-refractivity contribution in [2.45, 2.75) is 6.92 Å². The van der Waals surface area contributed by atoms with Gasteiger partial charge < -0.3 is 14.5 Å². The van der Waals surface area contributed by atoms with Crippen LogP contribution in [-0.4, -0.2) is 109 Å². The molecule has 1 aromatic rings. The Morgan fingerprint density at radius 3 is 2.65 bits per heavy atom. The fourth-order valence-electron chi connectivity index (χ4n) is 3.46. The fraction of sp³-hybridized carbons (Fsp3) is 0.550. The lowest BCUT2D eigenvalue weighted by atomic mass is 10.3. The Labute approximate surface area is 181 Å². The molecule has 168 valence electrons. The van der Waals surface area contributed by atoms with Gasteiger partial charge in [0.05, 0.1) is 18.8 Å². The van der Waals surface area contributed by atoms with Crippen molar-refractivity contribution in [3.8, 4) is 0 Å². The molecule has 2 fully saturated rings. The van der Waals surface area contributed by atoms with Crippen molar-refractivity contribution in [2.75, 3.05) is 71.5 Å². The molecule has 1 aromatic heterocycles. The van der Waals surface area contributed by atoms with Crippen LogP contribution in [0.3, 0.4) is 0 Å². The second kappa shape index (κ2) is 10.3. The molecule has 0 aromatic carbocycles. The highest BCUT2D eigenvalue weighted by Crippen LogP contribution is 2.16. The molecule has 0 bridgehead atoms. The minimum absolute atomic E-state index is 0.103. The monoisotopic (exact) mass is 431 g/mol. The van der Waals surface area contributed by atoms with E-state index in [2.05, 4.69) is 25.1 Å². The number of methoxy groups -OCH3 is 1. The molecule has 3 rings (SSSR count). The molecule has 11 heteroatoms. The average molecular weight is 431 g/mol. The molecule has 0 unspecified atom stereocenters. The number of piperazine rings is 1. The maximum atomic E-state index is 12.5. The van der Waals surface area contributed by atoms with Crippen molar-refractivity contribution in [2.24, 2.45) is 0 Å². The van der Waals surface area contributed by atoms with Crippen LogP contribution in [-0.2, 0) is 14.3 Å². The van der Waals surface area contributed by atoms with E-state index in [0.29, 0.717) is 51.0 Å². The number of ether oxygens (including phenoxy) is 1. The normalized spacial score (nSPS) is 18.6. The first-order chi connectivity index (χ1) is 14.9. The van der Waals surface area contributed by atoms with E-state index < -0.39 is 11.9 Å². The molecule has 4 amide bonds. The van der Waals surface area contributed by atoms with Crippen molar-refractivity contribution < 1.29 is 19.1 Å². The molecule has 3 heterocycles. The highest BCUT2D eigenvalue weighted by Gasteiger charge is 2.30. The third kappa shape index (κ3) is 5.56. The van der Waals surface area contributed by atoms with Gasteiger partial charge in [0.2, 0.25) is 11.9 Å². The Kier molecular flexibility index (Phi) is 7.53. The summed E-state index contributed by atoms with van der Waals surface area (Å²) in [7, 11) is 3.16. The van der Waals surface area contributed by atoms with Crippen LogP contribution in [0.2, 0.25) is 0 Å². The van der Waals surface area contributed by atoms with E-state index >= 15 is 0 Å². The third-order valence-corrected chi connectivity index (χ3v) is 5.38. The SMILES string of the molecule is CCN(CCOC)C(=O)CN1CCN(c2nccc(C=C3C(=O)NC(=O)N3C)n2)CC1. The Morgan fingerprint density at radius 1 is 1.29 bits per heavy atom. The van der Waals surface area contributed by atoms with Crippen LogP contribution in [0.1, 0.15) is 12.6 Å². The number of nitrogens with one attached hydrogen (secondary N) is 1. The molecule has 2 aliphatic heterocycles. The average Bonchev–Trinajstić information content (AvgIpc) is 3.01. The van der Waals surface area contributed by atoms with Crippen LogP contribution in [0.15, 0.2) is 18.0 Å². The number of rotatable bonds is 8. The van der Waals surface area contributed by atoms with E-state index in [4.69, 9.17) is 4.74 Å². The Balaban J connectivity index is 1.58. The van der Waals surface area contributed by atoms with Gasteiger partial charge in [0.25, 0.3) is 5.91 Å². The molecule has 0 spiro atoms. The molecule has 0 atom stereocenters. The van der Waals surface area contributed by atoms with Gasteiger partial charge in [0.1, 0.15) is 5.70 Å². The topological polar surface area (TPSA) is 111 Å². The lowest BCUT2D eigenvalue weighted by molar-refractivity contribution is -0.133. The zero-order chi connectivity index (χ0) is 22.4. The van der Waals surface area contributed by atoms with Gasteiger partial charge in [-0.25, -0.2) is 14.8 Å². The number of amides is 4. The minimum atomic E-state index is -0.458. The number of nitrogens with zero attached hydrogens (tertiary/aromatic N) is 6. The Bertz CT molecular complexity index is 852. The highest BCUT2D eigenvalue weighted by atomic mass is 16.5. The zero-order valence-corrected chi connectivity index (χ0v) is 18.2. The van der Waals surface area contributed by atoms with Crippen LogP contribution in [0.4, 0.5) is 10.7 Å². The van der Waals surface area contributed by atoms with Gasteiger partial charge in [-0.3, -0.25) is 24.7 Å². The number of hydrogen-bond donors (Lipinski definition) is 1. The lowest BCUT2D eigenvalue weighted by Gasteiger charge is -2.35. The largest absolute Gasteiger partial charge is 0.383 e. The first-order valence-corrected chi connectivity index (χ1v) is 10.3. The van der Waals surface area contributed by atoms with Gasteiger partial charge >= 0.3 is 6.03 Å². The summed E-state index contributed by atoms with van der Waals surface area (Å²) in [6, 6.07) is 1.23. The predicted octanol–water partition coefficient (Wildman–Crippen LogP) is -0.384. The number of imide groups is 1. The summed E-state index contributed by atoms with van der Waals surface area (Å²) in [4.78, 5) is 52.1. The predicted molar refractivity (Wildman–Crippen MR) is 114 cm³/mol. The van der Waals surface area contributed by atoms with E-state index in [-0.39, 0.29) is 11.6 Å². The lowest BCUT2D eigenvalue weighted by Crippen LogP contribution is -2.50. The number of aromatic nitrogens is 2. The summed E-state index contributed by atoms with van der Waals surface area (Å²) < 4.78 is 5.07. The maximum Gasteiger partial charge on any atom is 0.328 e. The number of likely N-dealkylation sites (N-methyl/N-ethyl adjacent to an activating group) is 2. The van der Waals surface area contributed by atoms with E-state index in [9.17, 15) is 14.4 Å². The molecule has 11 nitrogen and oxygen atoms in total. The zero-order valence-electron chi connectivity index (χ0n) is 18.2. The summed E-state index contributed by atoms with van der Waals surface area (Å²) in [5, 5.41) is 2.24. The number of urea groups is 1. The van der Waals surface area contributed by atoms with Gasteiger partial charge in [-0.2, -0.15) is 0 Å². The van der Waals surface area contributed by atoms with Crippen molar-refractivity contribution in [1.29, 1.82) is 0 Å². The number of carbonyl (C=O) groups excluding carboxylic acids is 3. The highest BCUT2D eigenvalue weighted by molar-refractivity contribution is 6.13. The fourth-order valence-corrected chi connectivity index (χ4v) is 3.46. The van der Waals surface area contributed by atoms with E-state index in [0.717, 1.165) is 13.1 Å². The quantitative estimate of drug-likeness (QED) is 0.438. The smallest absolute Gasteiger partial charge is 0.328 e. The second-order valence-electron chi connectivity index (χ2n) is 7.36. The first-order valence-electron chi connectivity index (χ1n) is 10.3. The van der Waals surface area contributed by atoms with Crippen molar-refractivity contribution in [3.63, 3.8) is 0 Å². The van der Waals surface area contributed by atoms with Gasteiger partial charge in [0.15, 0.2) is 0 Å². The first kappa shape index (κ1) is 22.6. The molecule has 0 aliphatic carbocycles. The van der Waals surface area contributed by atoms with Gasteiger partial charge in [-0.05, 0) is 19.1 Å². The van der Waals surface area contributed by atoms with E-state index in [1.54, 1.807) is 30.3 Å². The van der Waals surface area contributed by atoms with Crippen LogP contribution < -0.4 is 10.2 Å². The molecule has 0 radical (unpaired) electrons. The molecule has 0 saturated carbocycles. The van der Waals surface area contributed by atoms with Crippen molar-refractivity contribution in [1.82, 2.24) is 30.0 Å². The van der Waals surface area contributed by atoms with Gasteiger partial charge in [-0.1, -0.05) is 0 Å². The van der Waals surface area contributed by atoms with Crippen LogP contribution in [0, 0.1) is 0 Å². The standard InChI is InChI=1S/C20H29N7O4/c1-4-26(11-12-31-3)17(28)14-25-7-9-27(10-8-25)19-21-6-5-15(22-19)13-16-18(29)23-20(30)24(16)2/h5-6,13H,4,7-12,14H2,1-3H3,(H,23,29,30). The summed E-state index contributed by atoms with van der Waals surface area (Å²) in [5.41, 5.74) is 0.790. The van der Waals surface area contributed by atoms with Crippen LogP contribution in [0.25, 0.3) is 6.08 Å². The molecule has 2 saturated heterocycles. The Morgan fingerprint density at radius 2 is 2.03 bits per heavy atom. The summed E-state index contributed by atoms with van der Waals surface area (Å²) >= 11 is 0. The molecular formula is C20H29N7O4. The van der Waals surface area contributed by atoms with Gasteiger partial charge in [-0.15, -0.1) is 0 Å². The van der Waals surface area contributed by atoms with E-state index in [1.165, 1.54) is 11.9 Å². The number of hydrogen-bond acceptors (Lipinski definition) is 8. The second-order valence-corrected chi connectivity index (χ2v) is 7.36. The van der Waals surface area contributed by atoms with Crippen LogP contribution >= 0.6 is 0 Å². The molecule has 1 N–H and O–H groups in total. The summed E-state index contributed by atoms with van der Waals surface area (Å²) in [5.74, 6) is 0.215. The molecule has 31 heavy (non-hydrogen) atoms. The maximum absolute atomic E-state index is 12.5. The summed E-state index contributed by atoms with van der Waals surface area (Å²) in [6.45, 7) is 6.97. The summed E-state index contributed by atoms with van der Waals surface area (Å²) in [6.07, 6.45) is 3.20. The van der Waals surface area contributed by atoms with Crippen molar-refractivity contribution >= 4 is 29.9 Å². The number of carbonyl (C=O) groups is 3. The molecule has 2 aliphatic rings. The third-order valence-electron chi connectivity index (χ3n) is 5.38. The minimum Gasteiger partial charge on any atom is -0.383 e. The Hall–Kier alpha value is -3.05.